The predicted octanol–water partition coefficient (Wildman–Crippen LogP) is 2.99. The van der Waals surface area contributed by atoms with Crippen LogP contribution in [0.3, 0.4) is 0 Å². The summed E-state index contributed by atoms with van der Waals surface area (Å²) in [6.45, 7) is 1.71. The molecule has 0 radical (unpaired) electrons. The van der Waals surface area contributed by atoms with Crippen LogP contribution in [0.4, 0.5) is 20.2 Å². The Labute approximate surface area is 183 Å². The van der Waals surface area contributed by atoms with E-state index in [4.69, 9.17) is 4.74 Å². The predicted molar refractivity (Wildman–Crippen MR) is 117 cm³/mol. The quantitative estimate of drug-likeness (QED) is 0.509. The second-order valence-electron chi connectivity index (χ2n) is 8.41. The number of halogens is 2. The Balaban J connectivity index is 1.62. The number of benzene rings is 1. The molecule has 0 saturated carbocycles. The minimum absolute atomic E-state index is 0.270. The second kappa shape index (κ2) is 7.09. The first kappa shape index (κ1) is 19.4. The van der Waals surface area contributed by atoms with Crippen LogP contribution in [0.5, 0.6) is 6.01 Å². The number of anilines is 2. The highest BCUT2D eigenvalue weighted by atomic mass is 19.2. The summed E-state index contributed by atoms with van der Waals surface area (Å²) in [6.07, 6.45) is 6.70. The fraction of sp³-hybridized carbons (Fsp3) is 0.348. The molecule has 0 spiro atoms. The van der Waals surface area contributed by atoms with Gasteiger partial charge in [0.15, 0.2) is 11.6 Å². The molecule has 1 aromatic carbocycles. The largest absolute Gasteiger partial charge is 0.467 e. The van der Waals surface area contributed by atoms with Gasteiger partial charge in [0.1, 0.15) is 0 Å². The molecule has 164 valence electrons. The lowest BCUT2D eigenvalue weighted by Crippen LogP contribution is -2.68. The van der Waals surface area contributed by atoms with E-state index >= 15 is 4.39 Å². The first-order valence-electron chi connectivity index (χ1n) is 10.7. The summed E-state index contributed by atoms with van der Waals surface area (Å²) in [6, 6.07) is 2.08. The lowest BCUT2D eigenvalue weighted by Gasteiger charge is -2.55. The molecule has 9 heteroatoms. The number of fused-ring (bicyclic) bond motifs is 5. The van der Waals surface area contributed by atoms with E-state index in [1.807, 2.05) is 0 Å². The van der Waals surface area contributed by atoms with Gasteiger partial charge in [-0.15, -0.1) is 0 Å². The van der Waals surface area contributed by atoms with Gasteiger partial charge < -0.3 is 20.3 Å². The van der Waals surface area contributed by atoms with Crippen molar-refractivity contribution < 1.29 is 13.5 Å². The third-order valence-electron chi connectivity index (χ3n) is 6.79. The Morgan fingerprint density at radius 2 is 1.84 bits per heavy atom. The summed E-state index contributed by atoms with van der Waals surface area (Å²) in [5, 5.41) is 6.46. The Hall–Kier alpha value is -3.33. The summed E-state index contributed by atoms with van der Waals surface area (Å²) in [7, 11) is 3.23. The molecule has 2 atom stereocenters. The first-order valence-corrected chi connectivity index (χ1v) is 10.7. The van der Waals surface area contributed by atoms with Crippen LogP contribution in [0.1, 0.15) is 17.7 Å². The van der Waals surface area contributed by atoms with Crippen LogP contribution in [0.2, 0.25) is 0 Å². The smallest absolute Gasteiger partial charge is 0.316 e. The molecule has 2 saturated heterocycles. The van der Waals surface area contributed by atoms with Crippen molar-refractivity contribution in [1.29, 1.82) is 0 Å². The first-order chi connectivity index (χ1) is 15.6. The lowest BCUT2D eigenvalue weighted by atomic mass is 9.85. The zero-order valence-electron chi connectivity index (χ0n) is 17.7. The number of rotatable bonds is 4. The molecule has 1 aliphatic carbocycles. The number of hydrogen-bond acceptors (Lipinski definition) is 7. The number of methoxy groups -OCH3 is 1. The van der Waals surface area contributed by atoms with Crippen LogP contribution in [-0.4, -0.2) is 54.3 Å². The van der Waals surface area contributed by atoms with E-state index < -0.39 is 11.6 Å². The van der Waals surface area contributed by atoms with E-state index in [0.29, 0.717) is 35.3 Å². The third-order valence-corrected chi connectivity index (χ3v) is 6.79. The standard InChI is InChI=1S/C23H22F2N6O/c1-26-17-5-16(24)21(25)19-14(17)4-18-20(19)22(31-12-3-13(31)9-27-8-12)15(10-28-18)11-6-29-23(32-2)30-7-11/h5-7,10,12-13,26-27H,3-4,8-9H2,1-2H3. The van der Waals surface area contributed by atoms with Crippen molar-refractivity contribution in [2.24, 2.45) is 0 Å². The summed E-state index contributed by atoms with van der Waals surface area (Å²) < 4.78 is 35.0. The molecule has 6 rings (SSSR count). The zero-order valence-corrected chi connectivity index (χ0v) is 17.7. The Kier molecular flexibility index (Phi) is 4.29. The van der Waals surface area contributed by atoms with Gasteiger partial charge in [0, 0.05) is 91.2 Å². The third kappa shape index (κ3) is 2.63. The van der Waals surface area contributed by atoms with E-state index in [0.717, 1.165) is 47.6 Å². The highest BCUT2D eigenvalue weighted by Gasteiger charge is 2.45. The minimum Gasteiger partial charge on any atom is -0.467 e. The fourth-order valence-corrected chi connectivity index (χ4v) is 5.32. The van der Waals surface area contributed by atoms with Crippen molar-refractivity contribution in [1.82, 2.24) is 20.3 Å². The monoisotopic (exact) mass is 436 g/mol. The van der Waals surface area contributed by atoms with Gasteiger partial charge in [-0.25, -0.2) is 18.7 Å². The Morgan fingerprint density at radius 3 is 2.50 bits per heavy atom. The number of pyridine rings is 1. The Bertz CT molecular complexity index is 1220. The van der Waals surface area contributed by atoms with E-state index in [9.17, 15) is 4.39 Å². The zero-order chi connectivity index (χ0) is 22.0. The van der Waals surface area contributed by atoms with Crippen molar-refractivity contribution in [3.8, 4) is 28.3 Å². The van der Waals surface area contributed by atoms with Gasteiger partial charge in [0.2, 0.25) is 0 Å². The van der Waals surface area contributed by atoms with E-state index in [2.05, 4.69) is 30.5 Å². The molecule has 3 aromatic rings. The maximum Gasteiger partial charge on any atom is 0.316 e. The highest BCUT2D eigenvalue weighted by molar-refractivity contribution is 5.97. The molecule has 7 nitrogen and oxygen atoms in total. The number of piperidine rings is 1. The van der Waals surface area contributed by atoms with Gasteiger partial charge in [-0.2, -0.15) is 0 Å². The van der Waals surface area contributed by atoms with E-state index in [1.165, 1.54) is 13.2 Å². The van der Waals surface area contributed by atoms with Crippen LogP contribution in [0.15, 0.2) is 24.7 Å². The number of aromatic nitrogens is 3. The molecule has 32 heavy (non-hydrogen) atoms. The number of ether oxygens (including phenoxy) is 1. The van der Waals surface area contributed by atoms with Gasteiger partial charge >= 0.3 is 6.01 Å². The van der Waals surface area contributed by atoms with Crippen LogP contribution in [0.25, 0.3) is 22.3 Å². The van der Waals surface area contributed by atoms with Crippen LogP contribution in [-0.2, 0) is 6.42 Å². The number of nitrogens with zero attached hydrogens (tertiary/aromatic N) is 4. The molecule has 0 amide bonds. The lowest BCUT2D eigenvalue weighted by molar-refractivity contribution is 0.263. The maximum absolute atomic E-state index is 15.3. The SMILES string of the molecule is CNc1cc(F)c(F)c2c1Cc1ncc(-c3cnc(OC)nc3)c(N3C4CNCC3C4)c1-2. The summed E-state index contributed by atoms with van der Waals surface area (Å²) >= 11 is 0. The fourth-order valence-electron chi connectivity index (χ4n) is 5.32. The van der Waals surface area contributed by atoms with Crippen molar-refractivity contribution in [2.45, 2.75) is 24.9 Å². The number of nitrogens with one attached hydrogen (secondary N) is 2. The number of hydrogen-bond donors (Lipinski definition) is 2. The topological polar surface area (TPSA) is 75.2 Å². The molecule has 4 heterocycles. The second-order valence-corrected chi connectivity index (χ2v) is 8.41. The van der Waals surface area contributed by atoms with Gasteiger partial charge in [0.25, 0.3) is 0 Å². The summed E-state index contributed by atoms with van der Waals surface area (Å²) in [5.74, 6) is -1.69. The summed E-state index contributed by atoms with van der Waals surface area (Å²) in [5.41, 5.74) is 5.52. The van der Waals surface area contributed by atoms with Gasteiger partial charge in [-0.05, 0) is 12.0 Å². The van der Waals surface area contributed by atoms with Gasteiger partial charge in [-0.1, -0.05) is 0 Å². The minimum atomic E-state index is -0.865. The van der Waals surface area contributed by atoms with Gasteiger partial charge in [-0.3, -0.25) is 4.98 Å². The molecular weight excluding hydrogens is 414 g/mol. The maximum atomic E-state index is 15.3. The van der Waals surface area contributed by atoms with Crippen molar-refractivity contribution >= 4 is 11.4 Å². The molecular formula is C23H22F2N6O. The highest BCUT2D eigenvalue weighted by Crippen LogP contribution is 2.52. The molecule has 2 N–H and O–H groups in total. The van der Waals surface area contributed by atoms with Crippen LogP contribution >= 0.6 is 0 Å². The molecule has 2 fully saturated rings. The van der Waals surface area contributed by atoms with E-state index in [-0.39, 0.29) is 6.01 Å². The molecule has 2 aliphatic heterocycles. The van der Waals surface area contributed by atoms with Crippen LogP contribution in [0, 0.1) is 11.6 Å². The average Bonchev–Trinajstić information content (AvgIpc) is 3.22. The Morgan fingerprint density at radius 1 is 1.09 bits per heavy atom. The van der Waals surface area contributed by atoms with Crippen molar-refractivity contribution in [2.75, 3.05) is 37.5 Å². The molecule has 3 aliphatic rings. The molecule has 2 unspecified atom stereocenters. The van der Waals surface area contributed by atoms with Gasteiger partial charge in [0.05, 0.1) is 18.5 Å². The normalized spacial score (nSPS) is 20.4. The van der Waals surface area contributed by atoms with Crippen molar-refractivity contribution in [3.63, 3.8) is 0 Å². The molecule has 2 bridgehead atoms. The summed E-state index contributed by atoms with van der Waals surface area (Å²) in [4.78, 5) is 15.5. The van der Waals surface area contributed by atoms with Crippen molar-refractivity contribution in [3.05, 3.63) is 47.5 Å². The molecule has 2 aromatic heterocycles. The van der Waals surface area contributed by atoms with E-state index in [1.54, 1.807) is 25.6 Å². The van der Waals surface area contributed by atoms with Crippen LogP contribution < -0.4 is 20.3 Å². The number of piperazine rings is 1. The average molecular weight is 436 g/mol.